The third-order valence-corrected chi connectivity index (χ3v) is 5.37. The van der Waals surface area contributed by atoms with Gasteiger partial charge in [-0.1, -0.05) is 11.6 Å². The Balaban J connectivity index is 1.73. The first kappa shape index (κ1) is 20.0. The number of H-pyrrole nitrogens is 1. The van der Waals surface area contributed by atoms with Gasteiger partial charge in [-0.3, -0.25) is 9.36 Å². The topological polar surface area (TPSA) is 101 Å². The molecule has 3 aromatic heterocycles. The molecule has 11 heteroatoms. The Morgan fingerprint density at radius 3 is 2.66 bits per heavy atom. The minimum absolute atomic E-state index is 0.0660. The first-order valence-electron chi connectivity index (χ1n) is 9.51. The van der Waals surface area contributed by atoms with Crippen molar-refractivity contribution in [2.75, 3.05) is 5.32 Å². The third kappa shape index (κ3) is 3.25. The van der Waals surface area contributed by atoms with E-state index in [1.807, 2.05) is 0 Å². The molecule has 2 N–H and O–H groups in total. The van der Waals surface area contributed by atoms with Crippen LogP contribution < -0.4 is 10.9 Å². The molecule has 2 aromatic carbocycles. The lowest BCUT2D eigenvalue weighted by atomic mass is 10.2. The van der Waals surface area contributed by atoms with Crippen LogP contribution in [-0.4, -0.2) is 29.5 Å². The van der Waals surface area contributed by atoms with Crippen LogP contribution in [0.5, 0.6) is 0 Å². The second kappa shape index (κ2) is 7.65. The fraction of sp³-hybridized carbons (Fsp3) is 0.0952. The number of benzene rings is 2. The van der Waals surface area contributed by atoms with Crippen molar-refractivity contribution in [3.8, 4) is 5.69 Å². The Morgan fingerprint density at radius 2 is 1.88 bits per heavy atom. The average Bonchev–Trinajstić information content (AvgIpc) is 3.27. The number of aromatic amines is 1. The molecule has 8 nitrogen and oxygen atoms in total. The monoisotopic (exact) mass is 453 g/mol. The van der Waals surface area contributed by atoms with Gasteiger partial charge < -0.3 is 10.3 Å². The smallest absolute Gasteiger partial charge is 0.267 e. The molecule has 0 saturated heterocycles. The van der Waals surface area contributed by atoms with Gasteiger partial charge in [0.25, 0.3) is 5.56 Å². The van der Waals surface area contributed by atoms with Gasteiger partial charge in [0, 0.05) is 0 Å². The highest BCUT2D eigenvalue weighted by Gasteiger charge is 2.22. The molecule has 32 heavy (non-hydrogen) atoms. The second-order valence-electron chi connectivity index (χ2n) is 7.03. The first-order chi connectivity index (χ1) is 15.4. The van der Waals surface area contributed by atoms with Crippen LogP contribution in [0.15, 0.2) is 53.8 Å². The zero-order valence-corrected chi connectivity index (χ0v) is 17.2. The summed E-state index contributed by atoms with van der Waals surface area (Å²) in [5.74, 6) is -0.473. The number of imidazole rings is 1. The fourth-order valence-electron chi connectivity index (χ4n) is 3.50. The number of halogens is 3. The zero-order chi connectivity index (χ0) is 22.4. The molecular weight excluding hydrogens is 440 g/mol. The zero-order valence-electron chi connectivity index (χ0n) is 16.5. The van der Waals surface area contributed by atoms with Gasteiger partial charge in [0.05, 0.1) is 34.0 Å². The molecule has 0 saturated carbocycles. The molecule has 0 spiro atoms. The van der Waals surface area contributed by atoms with E-state index in [0.29, 0.717) is 28.5 Å². The summed E-state index contributed by atoms with van der Waals surface area (Å²) in [6.45, 7) is 1.78. The summed E-state index contributed by atoms with van der Waals surface area (Å²) in [5, 5.41) is 2.80. The predicted octanol–water partition coefficient (Wildman–Crippen LogP) is 4.16. The van der Waals surface area contributed by atoms with Gasteiger partial charge in [0.1, 0.15) is 29.3 Å². The van der Waals surface area contributed by atoms with Crippen LogP contribution in [0.2, 0.25) is 5.02 Å². The fourth-order valence-corrected chi connectivity index (χ4v) is 3.74. The molecule has 5 rings (SSSR count). The number of nitrogens with zero attached hydrogens (tertiary/aromatic N) is 5. The van der Waals surface area contributed by atoms with Gasteiger partial charge in [0.2, 0.25) is 0 Å². The van der Waals surface area contributed by atoms with Crippen LogP contribution in [-0.2, 0) is 0 Å². The highest BCUT2D eigenvalue weighted by Crippen LogP contribution is 2.27. The number of fused-ring (bicyclic) bond motifs is 2. The van der Waals surface area contributed by atoms with Gasteiger partial charge in [-0.25, -0.2) is 28.7 Å². The Morgan fingerprint density at radius 1 is 1.09 bits per heavy atom. The highest BCUT2D eigenvalue weighted by molar-refractivity contribution is 6.35. The van der Waals surface area contributed by atoms with Crippen LogP contribution in [0.3, 0.4) is 0 Å². The number of hydrogen-bond acceptors (Lipinski definition) is 6. The van der Waals surface area contributed by atoms with Crippen LogP contribution in [0, 0.1) is 11.6 Å². The summed E-state index contributed by atoms with van der Waals surface area (Å²) in [4.78, 5) is 33.5. The van der Waals surface area contributed by atoms with Crippen LogP contribution >= 0.6 is 11.6 Å². The van der Waals surface area contributed by atoms with Gasteiger partial charge in [-0.05, 0) is 43.3 Å². The van der Waals surface area contributed by atoms with Crippen molar-refractivity contribution >= 4 is 39.5 Å². The van der Waals surface area contributed by atoms with E-state index in [1.165, 1.54) is 47.6 Å². The Kier molecular flexibility index (Phi) is 4.78. The SMILES string of the molecule is C[C@H](Nc1ncnc2[nH]cnc12)c1nc2ccc(F)c(Cl)c2c(=O)n1-c1ccc(F)cc1. The average molecular weight is 454 g/mol. The minimum atomic E-state index is -0.732. The summed E-state index contributed by atoms with van der Waals surface area (Å²) in [7, 11) is 0. The van der Waals surface area contributed by atoms with Crippen molar-refractivity contribution in [1.29, 1.82) is 0 Å². The molecule has 0 aliphatic carbocycles. The van der Waals surface area contributed by atoms with E-state index in [9.17, 15) is 13.6 Å². The lowest BCUT2D eigenvalue weighted by molar-refractivity contribution is 0.626. The van der Waals surface area contributed by atoms with Crippen molar-refractivity contribution in [2.24, 2.45) is 0 Å². The number of anilines is 1. The van der Waals surface area contributed by atoms with E-state index in [0.717, 1.165) is 6.07 Å². The molecule has 0 aliphatic heterocycles. The lowest BCUT2D eigenvalue weighted by Gasteiger charge is -2.20. The number of nitrogens with one attached hydrogen (secondary N) is 2. The Hall–Kier alpha value is -3.92. The van der Waals surface area contributed by atoms with Gasteiger partial charge in [-0.15, -0.1) is 0 Å². The van der Waals surface area contributed by atoms with E-state index in [-0.39, 0.29) is 15.9 Å². The largest absolute Gasteiger partial charge is 0.358 e. The van der Waals surface area contributed by atoms with Crippen LogP contribution in [0.4, 0.5) is 14.6 Å². The lowest BCUT2D eigenvalue weighted by Crippen LogP contribution is -2.27. The van der Waals surface area contributed by atoms with Gasteiger partial charge >= 0.3 is 0 Å². The maximum absolute atomic E-state index is 14.1. The normalized spacial score (nSPS) is 12.4. The van der Waals surface area contributed by atoms with E-state index in [1.54, 1.807) is 6.92 Å². The van der Waals surface area contributed by atoms with Crippen LogP contribution in [0.1, 0.15) is 18.8 Å². The van der Waals surface area contributed by atoms with Crippen molar-refractivity contribution in [3.05, 3.63) is 81.9 Å². The Labute approximate surface area is 184 Å². The molecule has 3 heterocycles. The number of hydrogen-bond donors (Lipinski definition) is 2. The molecular formula is C21H14ClF2N7O. The third-order valence-electron chi connectivity index (χ3n) is 5.00. The quantitative estimate of drug-likeness (QED) is 0.424. The minimum Gasteiger partial charge on any atom is -0.358 e. The molecule has 0 radical (unpaired) electrons. The highest BCUT2D eigenvalue weighted by atomic mass is 35.5. The van der Waals surface area contributed by atoms with E-state index in [2.05, 4.69) is 30.2 Å². The van der Waals surface area contributed by atoms with E-state index in [4.69, 9.17) is 11.6 Å². The van der Waals surface area contributed by atoms with Crippen LogP contribution in [0.25, 0.3) is 27.8 Å². The maximum atomic E-state index is 14.1. The van der Waals surface area contributed by atoms with Crippen molar-refractivity contribution < 1.29 is 8.78 Å². The summed E-state index contributed by atoms with van der Waals surface area (Å²) >= 11 is 6.10. The van der Waals surface area contributed by atoms with E-state index < -0.39 is 23.2 Å². The molecule has 160 valence electrons. The van der Waals surface area contributed by atoms with Crippen molar-refractivity contribution in [2.45, 2.75) is 13.0 Å². The summed E-state index contributed by atoms with van der Waals surface area (Å²) in [5.41, 5.74) is 1.06. The number of rotatable bonds is 4. The molecule has 0 unspecified atom stereocenters. The summed E-state index contributed by atoms with van der Waals surface area (Å²) < 4.78 is 28.9. The second-order valence-corrected chi connectivity index (χ2v) is 7.41. The molecule has 0 fully saturated rings. The van der Waals surface area contributed by atoms with Crippen molar-refractivity contribution in [1.82, 2.24) is 29.5 Å². The number of aromatic nitrogens is 6. The van der Waals surface area contributed by atoms with Gasteiger partial charge in [-0.2, -0.15) is 0 Å². The molecule has 0 aliphatic rings. The first-order valence-corrected chi connectivity index (χ1v) is 9.89. The molecule has 5 aromatic rings. The maximum Gasteiger partial charge on any atom is 0.267 e. The predicted molar refractivity (Wildman–Crippen MR) is 116 cm³/mol. The molecule has 0 bridgehead atoms. The van der Waals surface area contributed by atoms with Crippen molar-refractivity contribution in [3.63, 3.8) is 0 Å². The van der Waals surface area contributed by atoms with E-state index >= 15 is 0 Å². The molecule has 1 atom stereocenters. The summed E-state index contributed by atoms with van der Waals surface area (Å²) in [6, 6.07) is 7.29. The molecule has 0 amide bonds. The standard InChI is InChI=1S/C21H14ClF2N7O/c1-10(29-19-17-18(26-8-25-17)27-9-28-19)20-30-14-7-6-13(24)16(22)15(14)21(32)31(20)12-4-2-11(23)3-5-12/h2-10H,1H3,(H2,25,26,27,28,29)/t10-/m0/s1. The van der Waals surface area contributed by atoms with Gasteiger partial charge in [0.15, 0.2) is 11.5 Å². The Bertz CT molecular complexity index is 1530. The summed E-state index contributed by atoms with van der Waals surface area (Å²) in [6.07, 6.45) is 2.87.